The van der Waals surface area contributed by atoms with Crippen LogP contribution < -0.4 is 5.32 Å². The SMILES string of the molecule is COC(=O)C(Br)CNC(C)Cn1ccnc1. The summed E-state index contributed by atoms with van der Waals surface area (Å²) in [6.07, 6.45) is 5.42. The number of nitrogens with zero attached hydrogens (tertiary/aromatic N) is 2. The number of carbonyl (C=O) groups excluding carboxylic acids is 1. The average molecular weight is 290 g/mol. The second-order valence-corrected chi connectivity index (χ2v) is 4.66. The molecule has 0 amide bonds. The standard InChI is InChI=1S/C10H16BrN3O2/c1-8(6-14-4-3-12-7-14)13-5-9(11)10(15)16-2/h3-4,7-9,13H,5-6H2,1-2H3. The molecule has 1 aromatic rings. The van der Waals surface area contributed by atoms with Gasteiger partial charge in [-0.15, -0.1) is 0 Å². The van der Waals surface area contributed by atoms with Gasteiger partial charge in [0.25, 0.3) is 0 Å². The number of esters is 1. The third-order valence-electron chi connectivity index (χ3n) is 2.15. The molecule has 16 heavy (non-hydrogen) atoms. The third kappa shape index (κ3) is 4.32. The molecular weight excluding hydrogens is 274 g/mol. The van der Waals surface area contributed by atoms with Gasteiger partial charge in [0.1, 0.15) is 4.83 Å². The number of carbonyl (C=O) groups is 1. The molecule has 2 atom stereocenters. The van der Waals surface area contributed by atoms with Crippen molar-refractivity contribution in [2.75, 3.05) is 13.7 Å². The smallest absolute Gasteiger partial charge is 0.320 e. The van der Waals surface area contributed by atoms with E-state index in [-0.39, 0.29) is 16.8 Å². The van der Waals surface area contributed by atoms with Crippen molar-refractivity contribution < 1.29 is 9.53 Å². The van der Waals surface area contributed by atoms with Crippen LogP contribution in [0.4, 0.5) is 0 Å². The molecule has 0 fully saturated rings. The number of hydrogen-bond acceptors (Lipinski definition) is 4. The Hall–Kier alpha value is -0.880. The van der Waals surface area contributed by atoms with Crippen LogP contribution in [0.1, 0.15) is 6.92 Å². The first-order valence-corrected chi connectivity index (χ1v) is 5.96. The van der Waals surface area contributed by atoms with Crippen molar-refractivity contribution in [2.45, 2.75) is 24.3 Å². The lowest BCUT2D eigenvalue weighted by Crippen LogP contribution is -2.37. The maximum Gasteiger partial charge on any atom is 0.320 e. The van der Waals surface area contributed by atoms with Crippen molar-refractivity contribution in [3.8, 4) is 0 Å². The average Bonchev–Trinajstić information content (AvgIpc) is 2.77. The van der Waals surface area contributed by atoms with Gasteiger partial charge in [-0.2, -0.15) is 0 Å². The molecule has 90 valence electrons. The van der Waals surface area contributed by atoms with Gasteiger partial charge in [-0.05, 0) is 6.92 Å². The molecule has 1 rings (SSSR count). The number of alkyl halides is 1. The second-order valence-electron chi connectivity index (χ2n) is 3.56. The molecule has 0 saturated carbocycles. The van der Waals surface area contributed by atoms with Gasteiger partial charge in [-0.3, -0.25) is 4.79 Å². The normalized spacial score (nSPS) is 14.4. The monoisotopic (exact) mass is 289 g/mol. The van der Waals surface area contributed by atoms with Crippen LogP contribution in [0.25, 0.3) is 0 Å². The predicted octanol–water partition coefficient (Wildman–Crippen LogP) is 0.798. The lowest BCUT2D eigenvalue weighted by molar-refractivity contribution is -0.139. The molecule has 0 saturated heterocycles. The van der Waals surface area contributed by atoms with Crippen LogP contribution in [0.15, 0.2) is 18.7 Å². The number of ether oxygens (including phenoxy) is 1. The Morgan fingerprint density at radius 3 is 3.00 bits per heavy atom. The van der Waals surface area contributed by atoms with Crippen molar-refractivity contribution in [3.63, 3.8) is 0 Å². The summed E-state index contributed by atoms with van der Waals surface area (Å²) < 4.78 is 6.59. The molecule has 0 bridgehead atoms. The van der Waals surface area contributed by atoms with E-state index in [1.54, 1.807) is 12.5 Å². The maximum absolute atomic E-state index is 11.1. The first-order chi connectivity index (χ1) is 7.63. The highest BCUT2D eigenvalue weighted by molar-refractivity contribution is 9.10. The molecule has 1 heterocycles. The van der Waals surface area contributed by atoms with E-state index in [1.165, 1.54) is 7.11 Å². The lowest BCUT2D eigenvalue weighted by Gasteiger charge is -2.16. The van der Waals surface area contributed by atoms with E-state index in [0.717, 1.165) is 6.54 Å². The van der Waals surface area contributed by atoms with Crippen molar-refractivity contribution in [3.05, 3.63) is 18.7 Å². The minimum atomic E-state index is -0.303. The highest BCUT2D eigenvalue weighted by Gasteiger charge is 2.15. The summed E-state index contributed by atoms with van der Waals surface area (Å²) in [5.74, 6) is -0.262. The van der Waals surface area contributed by atoms with Crippen LogP contribution in [-0.4, -0.2) is 40.0 Å². The van der Waals surface area contributed by atoms with Gasteiger partial charge < -0.3 is 14.6 Å². The molecule has 0 aliphatic rings. The van der Waals surface area contributed by atoms with Crippen molar-refractivity contribution in [2.24, 2.45) is 0 Å². The van der Waals surface area contributed by atoms with Crippen molar-refractivity contribution >= 4 is 21.9 Å². The summed E-state index contributed by atoms with van der Waals surface area (Å²) in [5, 5.41) is 3.24. The van der Waals surface area contributed by atoms with E-state index in [0.29, 0.717) is 6.54 Å². The lowest BCUT2D eigenvalue weighted by atomic mass is 10.3. The van der Waals surface area contributed by atoms with Gasteiger partial charge in [-0.1, -0.05) is 15.9 Å². The summed E-state index contributed by atoms with van der Waals surface area (Å²) in [4.78, 5) is 14.8. The number of aromatic nitrogens is 2. The zero-order chi connectivity index (χ0) is 12.0. The van der Waals surface area contributed by atoms with Crippen LogP contribution in [-0.2, 0) is 16.1 Å². The highest BCUT2D eigenvalue weighted by Crippen LogP contribution is 2.01. The van der Waals surface area contributed by atoms with E-state index in [4.69, 9.17) is 0 Å². The van der Waals surface area contributed by atoms with E-state index in [1.807, 2.05) is 10.8 Å². The summed E-state index contributed by atoms with van der Waals surface area (Å²) in [6, 6.07) is 0.263. The molecule has 0 aliphatic carbocycles. The molecule has 5 nitrogen and oxygen atoms in total. The van der Waals surface area contributed by atoms with Crippen LogP contribution in [0.5, 0.6) is 0 Å². The third-order valence-corrected chi connectivity index (χ3v) is 2.84. The topological polar surface area (TPSA) is 56.1 Å². The number of hydrogen-bond donors (Lipinski definition) is 1. The first-order valence-electron chi connectivity index (χ1n) is 5.04. The van der Waals surface area contributed by atoms with Crippen LogP contribution in [0.2, 0.25) is 0 Å². The summed E-state index contributed by atoms with van der Waals surface area (Å²) in [7, 11) is 1.38. The molecule has 0 spiro atoms. The molecule has 1 aromatic heterocycles. The van der Waals surface area contributed by atoms with Gasteiger partial charge in [-0.25, -0.2) is 4.98 Å². The zero-order valence-electron chi connectivity index (χ0n) is 9.39. The van der Waals surface area contributed by atoms with Gasteiger partial charge in [0, 0.05) is 31.5 Å². The van der Waals surface area contributed by atoms with E-state index >= 15 is 0 Å². The first kappa shape index (κ1) is 13.2. The molecule has 0 aromatic carbocycles. The van der Waals surface area contributed by atoms with Crippen LogP contribution in [0, 0.1) is 0 Å². The molecule has 2 unspecified atom stereocenters. The Morgan fingerprint density at radius 1 is 1.69 bits per heavy atom. The Morgan fingerprint density at radius 2 is 2.44 bits per heavy atom. The van der Waals surface area contributed by atoms with Gasteiger partial charge in [0.05, 0.1) is 13.4 Å². The van der Waals surface area contributed by atoms with Gasteiger partial charge in [0.15, 0.2) is 0 Å². The fourth-order valence-electron chi connectivity index (χ4n) is 1.29. The Balaban J connectivity index is 2.24. The number of rotatable bonds is 6. The minimum Gasteiger partial charge on any atom is -0.468 e. The zero-order valence-corrected chi connectivity index (χ0v) is 11.0. The van der Waals surface area contributed by atoms with E-state index in [9.17, 15) is 4.79 Å². The fraction of sp³-hybridized carbons (Fsp3) is 0.600. The van der Waals surface area contributed by atoms with Crippen molar-refractivity contribution in [1.82, 2.24) is 14.9 Å². The van der Waals surface area contributed by atoms with E-state index in [2.05, 4.69) is 37.9 Å². The predicted molar refractivity (Wildman–Crippen MR) is 64.4 cm³/mol. The second kappa shape index (κ2) is 6.65. The molecule has 0 aliphatic heterocycles. The highest BCUT2D eigenvalue weighted by atomic mass is 79.9. The van der Waals surface area contributed by atoms with Crippen LogP contribution in [0.3, 0.4) is 0 Å². The van der Waals surface area contributed by atoms with Crippen molar-refractivity contribution in [1.29, 1.82) is 0 Å². The number of nitrogens with one attached hydrogen (secondary N) is 1. The number of halogens is 1. The fourth-order valence-corrected chi connectivity index (χ4v) is 1.67. The summed E-state index contributed by atoms with van der Waals surface area (Å²) in [5.41, 5.74) is 0. The quantitative estimate of drug-likeness (QED) is 0.622. The van der Waals surface area contributed by atoms with Crippen LogP contribution >= 0.6 is 15.9 Å². The Labute approximate surface area is 103 Å². The number of imidazole rings is 1. The molecule has 1 N–H and O–H groups in total. The Kier molecular flexibility index (Phi) is 5.48. The molecule has 0 radical (unpaired) electrons. The van der Waals surface area contributed by atoms with E-state index < -0.39 is 0 Å². The Bertz CT molecular complexity index is 316. The molecular formula is C10H16BrN3O2. The minimum absolute atomic E-state index is 0.262. The maximum atomic E-state index is 11.1. The van der Waals surface area contributed by atoms with Gasteiger partial charge >= 0.3 is 5.97 Å². The summed E-state index contributed by atoms with van der Waals surface area (Å²) in [6.45, 7) is 3.42. The molecule has 6 heteroatoms. The van der Waals surface area contributed by atoms with Gasteiger partial charge in [0.2, 0.25) is 0 Å². The largest absolute Gasteiger partial charge is 0.468 e. The number of methoxy groups -OCH3 is 1. The summed E-state index contributed by atoms with van der Waals surface area (Å²) >= 11 is 3.25.